The van der Waals surface area contributed by atoms with Crippen LogP contribution >= 0.6 is 0 Å². The zero-order valence-electron chi connectivity index (χ0n) is 10.1. The molecule has 4 nitrogen and oxygen atoms in total. The van der Waals surface area contributed by atoms with Crippen LogP contribution in [-0.4, -0.2) is 29.7 Å². The SMILES string of the molecule is C[C@@H](O)CNC(=O)[C@@H](N)CCc1ccccc1. The second kappa shape index (κ2) is 7.04. The maximum Gasteiger partial charge on any atom is 0.237 e. The van der Waals surface area contributed by atoms with Gasteiger partial charge >= 0.3 is 0 Å². The highest BCUT2D eigenvalue weighted by Gasteiger charge is 2.13. The number of aryl methyl sites for hydroxylation is 1. The number of carbonyl (C=O) groups is 1. The lowest BCUT2D eigenvalue weighted by molar-refractivity contribution is -0.122. The quantitative estimate of drug-likeness (QED) is 0.671. The largest absolute Gasteiger partial charge is 0.392 e. The minimum atomic E-state index is -0.541. The lowest BCUT2D eigenvalue weighted by atomic mass is 10.1. The summed E-state index contributed by atoms with van der Waals surface area (Å²) < 4.78 is 0. The molecule has 0 bridgehead atoms. The van der Waals surface area contributed by atoms with E-state index in [1.165, 1.54) is 5.56 Å². The minimum Gasteiger partial charge on any atom is -0.392 e. The molecule has 0 radical (unpaired) electrons. The van der Waals surface area contributed by atoms with Crippen LogP contribution in [-0.2, 0) is 11.2 Å². The number of hydrogen-bond donors (Lipinski definition) is 3. The van der Waals surface area contributed by atoms with Gasteiger partial charge in [-0.1, -0.05) is 30.3 Å². The van der Waals surface area contributed by atoms with Crippen LogP contribution < -0.4 is 11.1 Å². The fourth-order valence-corrected chi connectivity index (χ4v) is 1.48. The maximum atomic E-state index is 11.5. The molecular formula is C13H20N2O2. The standard InChI is InChI=1S/C13H20N2O2/c1-10(16)9-15-13(17)12(14)8-7-11-5-3-2-4-6-11/h2-6,10,12,16H,7-9,14H2,1H3,(H,15,17)/t10-,12+/m1/s1. The highest BCUT2D eigenvalue weighted by atomic mass is 16.3. The number of amides is 1. The van der Waals surface area contributed by atoms with Crippen LogP contribution in [0.15, 0.2) is 30.3 Å². The van der Waals surface area contributed by atoms with Gasteiger partial charge in [0.05, 0.1) is 12.1 Å². The Morgan fingerprint density at radius 1 is 1.41 bits per heavy atom. The van der Waals surface area contributed by atoms with Crippen molar-refractivity contribution in [2.75, 3.05) is 6.54 Å². The summed E-state index contributed by atoms with van der Waals surface area (Å²) in [4.78, 5) is 11.5. The molecule has 0 aliphatic rings. The Labute approximate surface area is 102 Å². The van der Waals surface area contributed by atoms with Crippen LogP contribution in [0.5, 0.6) is 0 Å². The molecule has 4 heteroatoms. The molecule has 1 aromatic rings. The first-order valence-electron chi connectivity index (χ1n) is 5.85. The first kappa shape index (κ1) is 13.7. The predicted octanol–water partition coefficient (Wildman–Crippen LogP) is 0.444. The molecule has 0 unspecified atom stereocenters. The molecule has 0 heterocycles. The molecule has 1 aromatic carbocycles. The van der Waals surface area contributed by atoms with Crippen molar-refractivity contribution in [3.8, 4) is 0 Å². The molecule has 0 aliphatic carbocycles. The van der Waals surface area contributed by atoms with E-state index in [9.17, 15) is 4.79 Å². The van der Waals surface area contributed by atoms with Gasteiger partial charge < -0.3 is 16.2 Å². The molecule has 2 atom stereocenters. The molecule has 0 aromatic heterocycles. The third-order valence-corrected chi connectivity index (χ3v) is 2.50. The molecule has 17 heavy (non-hydrogen) atoms. The number of carbonyl (C=O) groups excluding carboxylic acids is 1. The monoisotopic (exact) mass is 236 g/mol. The van der Waals surface area contributed by atoms with E-state index in [-0.39, 0.29) is 12.5 Å². The summed E-state index contributed by atoms with van der Waals surface area (Å²) >= 11 is 0. The Bertz CT molecular complexity index is 339. The summed E-state index contributed by atoms with van der Waals surface area (Å²) in [5.41, 5.74) is 6.93. The summed E-state index contributed by atoms with van der Waals surface area (Å²) in [5.74, 6) is -0.207. The van der Waals surface area contributed by atoms with Crippen LogP contribution in [0.1, 0.15) is 18.9 Å². The molecular weight excluding hydrogens is 216 g/mol. The van der Waals surface area contributed by atoms with E-state index in [1.54, 1.807) is 6.92 Å². The third kappa shape index (κ3) is 5.47. The molecule has 94 valence electrons. The van der Waals surface area contributed by atoms with Crippen LogP contribution in [0.4, 0.5) is 0 Å². The van der Waals surface area contributed by atoms with Gasteiger partial charge in [-0.3, -0.25) is 4.79 Å². The summed E-state index contributed by atoms with van der Waals surface area (Å²) in [7, 11) is 0. The predicted molar refractivity (Wildman–Crippen MR) is 67.4 cm³/mol. The van der Waals surface area contributed by atoms with Crippen molar-refractivity contribution >= 4 is 5.91 Å². The molecule has 0 saturated heterocycles. The second-order valence-corrected chi connectivity index (χ2v) is 4.22. The fraction of sp³-hybridized carbons (Fsp3) is 0.462. The van der Waals surface area contributed by atoms with E-state index in [0.29, 0.717) is 6.42 Å². The summed E-state index contributed by atoms with van der Waals surface area (Å²) in [6, 6.07) is 9.40. The van der Waals surface area contributed by atoms with Crippen molar-refractivity contribution in [3.05, 3.63) is 35.9 Å². The van der Waals surface area contributed by atoms with Gasteiger partial charge in [-0.25, -0.2) is 0 Å². The van der Waals surface area contributed by atoms with Gasteiger partial charge in [0.15, 0.2) is 0 Å². The van der Waals surface area contributed by atoms with E-state index in [4.69, 9.17) is 10.8 Å². The lowest BCUT2D eigenvalue weighted by Gasteiger charge is -2.13. The first-order chi connectivity index (χ1) is 8.09. The Balaban J connectivity index is 2.29. The molecule has 0 saturated carbocycles. The van der Waals surface area contributed by atoms with Crippen LogP contribution in [0.2, 0.25) is 0 Å². The molecule has 4 N–H and O–H groups in total. The Hall–Kier alpha value is -1.39. The molecule has 0 aliphatic heterocycles. The van der Waals surface area contributed by atoms with Gasteiger partial charge in [-0.2, -0.15) is 0 Å². The summed E-state index contributed by atoms with van der Waals surface area (Å²) in [6.45, 7) is 1.87. The molecule has 0 spiro atoms. The van der Waals surface area contributed by atoms with Gasteiger partial charge in [0.1, 0.15) is 0 Å². The van der Waals surface area contributed by atoms with Gasteiger partial charge in [-0.05, 0) is 25.3 Å². The van der Waals surface area contributed by atoms with E-state index in [2.05, 4.69) is 5.32 Å². The zero-order valence-corrected chi connectivity index (χ0v) is 10.1. The highest BCUT2D eigenvalue weighted by Crippen LogP contribution is 2.03. The number of nitrogens with two attached hydrogens (primary N) is 1. The smallest absolute Gasteiger partial charge is 0.237 e. The number of aliphatic hydroxyl groups excluding tert-OH is 1. The fourth-order valence-electron chi connectivity index (χ4n) is 1.48. The topological polar surface area (TPSA) is 75.3 Å². The van der Waals surface area contributed by atoms with Crippen molar-refractivity contribution in [1.82, 2.24) is 5.32 Å². The van der Waals surface area contributed by atoms with Crippen LogP contribution in [0.3, 0.4) is 0 Å². The van der Waals surface area contributed by atoms with E-state index < -0.39 is 12.1 Å². The number of rotatable bonds is 6. The van der Waals surface area contributed by atoms with Crippen molar-refractivity contribution in [3.63, 3.8) is 0 Å². The van der Waals surface area contributed by atoms with E-state index in [1.807, 2.05) is 30.3 Å². The van der Waals surface area contributed by atoms with Crippen molar-refractivity contribution in [1.29, 1.82) is 0 Å². The van der Waals surface area contributed by atoms with Gasteiger partial charge in [0.25, 0.3) is 0 Å². The normalized spacial score (nSPS) is 14.1. The first-order valence-corrected chi connectivity index (χ1v) is 5.85. The van der Waals surface area contributed by atoms with E-state index in [0.717, 1.165) is 6.42 Å². The Morgan fingerprint density at radius 2 is 2.06 bits per heavy atom. The van der Waals surface area contributed by atoms with Crippen molar-refractivity contribution in [2.24, 2.45) is 5.73 Å². The number of hydrogen-bond acceptors (Lipinski definition) is 3. The number of aliphatic hydroxyl groups is 1. The average molecular weight is 236 g/mol. The molecule has 1 amide bonds. The van der Waals surface area contributed by atoms with Crippen LogP contribution in [0.25, 0.3) is 0 Å². The zero-order chi connectivity index (χ0) is 12.7. The Morgan fingerprint density at radius 3 is 2.65 bits per heavy atom. The highest BCUT2D eigenvalue weighted by molar-refractivity contribution is 5.81. The van der Waals surface area contributed by atoms with Crippen LogP contribution in [0, 0.1) is 0 Å². The molecule has 1 rings (SSSR count). The van der Waals surface area contributed by atoms with Gasteiger partial charge in [-0.15, -0.1) is 0 Å². The summed E-state index contributed by atoms with van der Waals surface area (Å²) in [6.07, 6.45) is 0.847. The van der Waals surface area contributed by atoms with Gasteiger partial charge in [0.2, 0.25) is 5.91 Å². The van der Waals surface area contributed by atoms with Crippen molar-refractivity contribution < 1.29 is 9.90 Å². The van der Waals surface area contributed by atoms with Gasteiger partial charge in [0, 0.05) is 6.54 Å². The van der Waals surface area contributed by atoms with Crippen molar-refractivity contribution in [2.45, 2.75) is 31.9 Å². The van der Waals surface area contributed by atoms with E-state index >= 15 is 0 Å². The second-order valence-electron chi connectivity index (χ2n) is 4.22. The Kier molecular flexibility index (Phi) is 5.66. The number of nitrogens with one attached hydrogen (secondary N) is 1. The molecule has 0 fully saturated rings. The lowest BCUT2D eigenvalue weighted by Crippen LogP contribution is -2.43. The average Bonchev–Trinajstić information content (AvgIpc) is 2.34. The summed E-state index contributed by atoms with van der Waals surface area (Å²) in [5, 5.41) is 11.6. The maximum absolute atomic E-state index is 11.5. The third-order valence-electron chi connectivity index (χ3n) is 2.50. The number of benzene rings is 1. The minimum absolute atomic E-state index is 0.207.